The molecule has 2 aromatic carbocycles. The molecular weight excluding hydrogens is 288 g/mol. The summed E-state index contributed by atoms with van der Waals surface area (Å²) in [6, 6.07) is 17.4. The monoisotopic (exact) mass is 304 g/mol. The van der Waals surface area contributed by atoms with E-state index < -0.39 is 0 Å². The third-order valence-corrected chi connectivity index (χ3v) is 3.32. The molecular formula is C18H16N4O. The summed E-state index contributed by atoms with van der Waals surface area (Å²) in [5, 5.41) is 12.5. The Labute approximate surface area is 134 Å². The zero-order chi connectivity index (χ0) is 16.1. The minimum atomic E-state index is 0.424. The highest BCUT2D eigenvalue weighted by molar-refractivity contribution is 5.82. The van der Waals surface area contributed by atoms with Gasteiger partial charge in [0.05, 0.1) is 23.3 Å². The van der Waals surface area contributed by atoms with Gasteiger partial charge in [0, 0.05) is 6.20 Å². The number of imidazole rings is 1. The zero-order valence-corrected chi connectivity index (χ0v) is 12.7. The van der Waals surface area contributed by atoms with Gasteiger partial charge in [-0.15, -0.1) is 0 Å². The SMILES string of the molecule is CCOc1ccccc1NC=C(C#N)c1nc2ccccc2[nH]1. The summed E-state index contributed by atoms with van der Waals surface area (Å²) in [6.45, 7) is 2.51. The van der Waals surface area contributed by atoms with Gasteiger partial charge in [-0.1, -0.05) is 24.3 Å². The lowest BCUT2D eigenvalue weighted by Gasteiger charge is -2.09. The van der Waals surface area contributed by atoms with Crippen molar-refractivity contribution < 1.29 is 4.74 Å². The van der Waals surface area contributed by atoms with E-state index in [1.54, 1.807) is 6.20 Å². The number of nitriles is 1. The molecule has 0 atom stereocenters. The molecule has 0 unspecified atom stereocenters. The van der Waals surface area contributed by atoms with Crippen LogP contribution < -0.4 is 10.1 Å². The number of para-hydroxylation sites is 4. The lowest BCUT2D eigenvalue weighted by molar-refractivity contribution is 0.342. The molecule has 0 bridgehead atoms. The van der Waals surface area contributed by atoms with Gasteiger partial charge in [-0.05, 0) is 31.2 Å². The minimum Gasteiger partial charge on any atom is -0.492 e. The zero-order valence-electron chi connectivity index (χ0n) is 12.7. The lowest BCUT2D eigenvalue weighted by Crippen LogP contribution is -1.98. The summed E-state index contributed by atoms with van der Waals surface area (Å²) in [5.41, 5.74) is 2.96. The Morgan fingerprint density at radius 1 is 1.26 bits per heavy atom. The number of nitrogens with one attached hydrogen (secondary N) is 2. The summed E-state index contributed by atoms with van der Waals surface area (Å²) in [6.07, 6.45) is 1.63. The highest BCUT2D eigenvalue weighted by atomic mass is 16.5. The molecule has 0 amide bonds. The molecule has 0 spiro atoms. The maximum Gasteiger partial charge on any atom is 0.150 e. The first-order chi connectivity index (χ1) is 11.3. The molecule has 2 N–H and O–H groups in total. The van der Waals surface area contributed by atoms with Crippen LogP contribution in [-0.4, -0.2) is 16.6 Å². The van der Waals surface area contributed by atoms with Crippen LogP contribution >= 0.6 is 0 Å². The Morgan fingerprint density at radius 2 is 2.04 bits per heavy atom. The first-order valence-corrected chi connectivity index (χ1v) is 7.35. The first kappa shape index (κ1) is 14.7. The summed E-state index contributed by atoms with van der Waals surface area (Å²) in [7, 11) is 0. The molecule has 0 aliphatic heterocycles. The fraction of sp³-hybridized carbons (Fsp3) is 0.111. The largest absolute Gasteiger partial charge is 0.492 e. The van der Waals surface area contributed by atoms with E-state index in [-0.39, 0.29) is 0 Å². The van der Waals surface area contributed by atoms with Crippen molar-refractivity contribution in [3.8, 4) is 11.8 Å². The maximum atomic E-state index is 9.41. The standard InChI is InChI=1S/C18H16N4O/c1-2-23-17-10-6-5-9-16(17)20-12-13(11-19)18-21-14-7-3-4-8-15(14)22-18/h3-10,12,20H,2H2,1H3,(H,21,22). The van der Waals surface area contributed by atoms with Gasteiger partial charge >= 0.3 is 0 Å². The van der Waals surface area contributed by atoms with Gasteiger partial charge in [-0.25, -0.2) is 4.98 Å². The van der Waals surface area contributed by atoms with E-state index in [2.05, 4.69) is 21.4 Å². The number of allylic oxidation sites excluding steroid dienone is 1. The predicted octanol–water partition coefficient (Wildman–Crippen LogP) is 3.94. The van der Waals surface area contributed by atoms with Crippen LogP contribution in [0.4, 0.5) is 5.69 Å². The summed E-state index contributed by atoms with van der Waals surface area (Å²) in [4.78, 5) is 7.59. The molecule has 0 aliphatic rings. The van der Waals surface area contributed by atoms with Crippen molar-refractivity contribution in [1.82, 2.24) is 9.97 Å². The van der Waals surface area contributed by atoms with Gasteiger partial charge in [0.1, 0.15) is 17.4 Å². The van der Waals surface area contributed by atoms with Crippen LogP contribution in [0.25, 0.3) is 16.6 Å². The molecule has 3 aromatic rings. The average Bonchev–Trinajstić information content (AvgIpc) is 3.01. The van der Waals surface area contributed by atoms with Crippen LogP contribution in [0.5, 0.6) is 5.75 Å². The van der Waals surface area contributed by atoms with Crippen molar-refractivity contribution in [2.24, 2.45) is 0 Å². The summed E-state index contributed by atoms with van der Waals surface area (Å²) < 4.78 is 5.56. The molecule has 0 saturated carbocycles. The third kappa shape index (κ3) is 3.16. The van der Waals surface area contributed by atoms with Crippen molar-refractivity contribution >= 4 is 22.3 Å². The van der Waals surface area contributed by atoms with Gasteiger partial charge in [0.15, 0.2) is 5.82 Å². The average molecular weight is 304 g/mol. The minimum absolute atomic E-state index is 0.424. The van der Waals surface area contributed by atoms with Crippen LogP contribution in [0, 0.1) is 11.3 Å². The molecule has 0 radical (unpaired) electrons. The second-order valence-electron chi connectivity index (χ2n) is 4.85. The van der Waals surface area contributed by atoms with Gasteiger partial charge in [-0.2, -0.15) is 5.26 Å². The predicted molar refractivity (Wildman–Crippen MR) is 90.9 cm³/mol. The van der Waals surface area contributed by atoms with Gasteiger partial charge in [0.25, 0.3) is 0 Å². The second-order valence-corrected chi connectivity index (χ2v) is 4.85. The topological polar surface area (TPSA) is 73.7 Å². The number of aromatic nitrogens is 2. The number of fused-ring (bicyclic) bond motifs is 1. The fourth-order valence-electron chi connectivity index (χ4n) is 2.25. The van der Waals surface area contributed by atoms with Gasteiger partial charge in [0.2, 0.25) is 0 Å². The quantitative estimate of drug-likeness (QED) is 0.700. The molecule has 5 nitrogen and oxygen atoms in total. The highest BCUT2D eigenvalue weighted by Crippen LogP contribution is 2.24. The van der Waals surface area contributed by atoms with Gasteiger partial charge in [-0.3, -0.25) is 0 Å². The molecule has 23 heavy (non-hydrogen) atoms. The van der Waals surface area contributed by atoms with E-state index in [1.807, 2.05) is 55.5 Å². The van der Waals surface area contributed by atoms with Crippen molar-refractivity contribution in [2.75, 3.05) is 11.9 Å². The van der Waals surface area contributed by atoms with Crippen LogP contribution in [0.2, 0.25) is 0 Å². The number of benzene rings is 2. The number of H-pyrrole nitrogens is 1. The Morgan fingerprint density at radius 3 is 2.83 bits per heavy atom. The fourth-order valence-corrected chi connectivity index (χ4v) is 2.25. The molecule has 114 valence electrons. The Balaban J connectivity index is 1.89. The van der Waals surface area contributed by atoms with E-state index in [1.165, 1.54) is 0 Å². The van der Waals surface area contributed by atoms with Crippen molar-refractivity contribution in [1.29, 1.82) is 5.26 Å². The van der Waals surface area contributed by atoms with Crippen molar-refractivity contribution in [3.63, 3.8) is 0 Å². The molecule has 0 aliphatic carbocycles. The second kappa shape index (κ2) is 6.67. The van der Waals surface area contributed by atoms with Crippen LogP contribution in [0.15, 0.2) is 54.7 Å². The lowest BCUT2D eigenvalue weighted by atomic mass is 10.2. The van der Waals surface area contributed by atoms with Crippen LogP contribution in [-0.2, 0) is 0 Å². The third-order valence-electron chi connectivity index (χ3n) is 3.32. The smallest absolute Gasteiger partial charge is 0.150 e. The van der Waals surface area contributed by atoms with E-state index >= 15 is 0 Å². The maximum absolute atomic E-state index is 9.41. The van der Waals surface area contributed by atoms with E-state index in [0.717, 1.165) is 22.5 Å². The van der Waals surface area contributed by atoms with Crippen LogP contribution in [0.3, 0.4) is 0 Å². The summed E-state index contributed by atoms with van der Waals surface area (Å²) in [5.74, 6) is 1.28. The molecule has 1 heterocycles. The van der Waals surface area contributed by atoms with E-state index in [9.17, 15) is 5.26 Å². The number of rotatable bonds is 5. The number of hydrogen-bond acceptors (Lipinski definition) is 4. The summed E-state index contributed by atoms with van der Waals surface area (Å²) >= 11 is 0. The molecule has 1 aromatic heterocycles. The molecule has 0 fully saturated rings. The molecule has 3 rings (SSSR count). The van der Waals surface area contributed by atoms with E-state index in [4.69, 9.17) is 4.74 Å². The number of hydrogen-bond donors (Lipinski definition) is 2. The Kier molecular flexibility index (Phi) is 4.25. The highest BCUT2D eigenvalue weighted by Gasteiger charge is 2.08. The molecule has 5 heteroatoms. The van der Waals surface area contributed by atoms with E-state index in [0.29, 0.717) is 18.0 Å². The van der Waals surface area contributed by atoms with Crippen LogP contribution in [0.1, 0.15) is 12.7 Å². The van der Waals surface area contributed by atoms with Crippen molar-refractivity contribution in [2.45, 2.75) is 6.92 Å². The first-order valence-electron chi connectivity index (χ1n) is 7.35. The number of ether oxygens (including phenoxy) is 1. The molecule has 0 saturated heterocycles. The number of nitrogens with zero attached hydrogens (tertiary/aromatic N) is 2. The van der Waals surface area contributed by atoms with Crippen molar-refractivity contribution in [3.05, 3.63) is 60.6 Å². The number of aromatic amines is 1. The normalized spacial score (nSPS) is 11.2. The Hall–Kier alpha value is -3.26. The van der Waals surface area contributed by atoms with Gasteiger partial charge < -0.3 is 15.0 Å². The number of anilines is 1. The Bertz CT molecular complexity index is 856.